The number of carbonyl (C=O) groups excluding carboxylic acids is 5. The number of amides is 5. The summed E-state index contributed by atoms with van der Waals surface area (Å²) in [6, 6.07) is 0.983. The Kier molecular flexibility index (Phi) is 11.7. The molecule has 0 aromatic heterocycles. The molecule has 0 radical (unpaired) electrons. The van der Waals surface area contributed by atoms with Gasteiger partial charge in [-0.3, -0.25) is 19.3 Å². The van der Waals surface area contributed by atoms with Gasteiger partial charge < -0.3 is 25.0 Å². The van der Waals surface area contributed by atoms with E-state index in [1.807, 2.05) is 10.8 Å². The highest BCUT2D eigenvalue weighted by Crippen LogP contribution is 2.46. The molecule has 1 aromatic carbocycles. The lowest BCUT2D eigenvalue weighted by Gasteiger charge is -2.30. The number of ether oxygens (including phenoxy) is 2. The molecule has 52 heavy (non-hydrogen) atoms. The minimum atomic E-state index is -4.19. The number of fused-ring (bicyclic) bond motifs is 3. The molecule has 3 heterocycles. The van der Waals surface area contributed by atoms with Gasteiger partial charge >= 0.3 is 22.4 Å². The predicted octanol–water partition coefficient (Wildman–Crippen LogP) is 3.63. The van der Waals surface area contributed by atoms with E-state index in [-0.39, 0.29) is 38.9 Å². The zero-order chi connectivity index (χ0) is 38.2. The van der Waals surface area contributed by atoms with Crippen molar-refractivity contribution in [2.75, 3.05) is 20.6 Å². The minimum absolute atomic E-state index is 0.126. The molecule has 18 heteroatoms. The molecule has 5 rings (SSSR count). The van der Waals surface area contributed by atoms with Gasteiger partial charge in [-0.2, -0.15) is 12.7 Å². The molecule has 1 saturated carbocycles. The van der Waals surface area contributed by atoms with Gasteiger partial charge in [0.25, 0.3) is 5.91 Å². The molecular weight excluding hydrogens is 739 g/mol. The Bertz CT molecular complexity index is 1720. The average molecular weight is 786 g/mol. The summed E-state index contributed by atoms with van der Waals surface area (Å²) < 4.78 is 39.4. The molecule has 0 unspecified atom stereocenters. The summed E-state index contributed by atoms with van der Waals surface area (Å²) >= 11 is 12.7. The van der Waals surface area contributed by atoms with Crippen LogP contribution in [0.15, 0.2) is 24.3 Å². The maximum Gasteiger partial charge on any atom is 0.410 e. The number of rotatable bonds is 5. The summed E-state index contributed by atoms with van der Waals surface area (Å²) in [5.41, 5.74) is -1.05. The Labute approximate surface area is 313 Å². The van der Waals surface area contributed by atoms with Crippen LogP contribution < -0.4 is 15.4 Å². The monoisotopic (exact) mass is 784 g/mol. The zero-order valence-electron chi connectivity index (χ0n) is 29.9. The van der Waals surface area contributed by atoms with Gasteiger partial charge in [-0.1, -0.05) is 48.2 Å². The van der Waals surface area contributed by atoms with Gasteiger partial charge in [0.2, 0.25) is 11.8 Å². The predicted molar refractivity (Wildman–Crippen MR) is 191 cm³/mol. The van der Waals surface area contributed by atoms with Crippen LogP contribution in [0.3, 0.4) is 0 Å². The highest BCUT2D eigenvalue weighted by atomic mass is 35.5. The average Bonchev–Trinajstić information content (AvgIpc) is 3.35. The third kappa shape index (κ3) is 8.95. The summed E-state index contributed by atoms with van der Waals surface area (Å²) in [6.45, 7) is 5.20. The fraction of sp³-hybridized carbons (Fsp3) is 0.618. The van der Waals surface area contributed by atoms with Crippen LogP contribution in [0.5, 0.6) is 0 Å². The second-order valence-electron chi connectivity index (χ2n) is 14.8. The van der Waals surface area contributed by atoms with Crippen LogP contribution in [-0.2, 0) is 47.2 Å². The van der Waals surface area contributed by atoms with Crippen molar-refractivity contribution in [3.8, 4) is 0 Å². The van der Waals surface area contributed by atoms with Crippen LogP contribution in [0.2, 0.25) is 10.0 Å². The smallest absolute Gasteiger partial charge is 0.410 e. The molecule has 5 atom stereocenters. The Hall–Kier alpha value is -3.60. The number of allylic oxidation sites excluding steroid dienone is 1. The first-order valence-electron chi connectivity index (χ1n) is 17.3. The van der Waals surface area contributed by atoms with Gasteiger partial charge in [0, 0.05) is 36.5 Å². The Morgan fingerprint density at radius 1 is 1.04 bits per heavy atom. The molecule has 0 bridgehead atoms. The van der Waals surface area contributed by atoms with Crippen LogP contribution in [0.25, 0.3) is 0 Å². The third-order valence-corrected chi connectivity index (χ3v) is 11.7. The van der Waals surface area contributed by atoms with Gasteiger partial charge in [0.05, 0.1) is 19.6 Å². The molecule has 3 N–H and O–H groups in total. The number of hydrogen-bond acceptors (Lipinski definition) is 9. The highest BCUT2D eigenvalue weighted by Gasteiger charge is 2.62. The molecule has 1 saturated heterocycles. The molecule has 286 valence electrons. The largest absolute Gasteiger partial charge is 0.444 e. The molecule has 4 aliphatic rings. The van der Waals surface area contributed by atoms with Gasteiger partial charge in [0.1, 0.15) is 29.3 Å². The van der Waals surface area contributed by atoms with Crippen LogP contribution >= 0.6 is 23.2 Å². The zero-order valence-corrected chi connectivity index (χ0v) is 32.2. The quantitative estimate of drug-likeness (QED) is 0.376. The van der Waals surface area contributed by atoms with Crippen molar-refractivity contribution in [1.29, 1.82) is 0 Å². The first-order valence-corrected chi connectivity index (χ1v) is 19.5. The maximum atomic E-state index is 14.3. The third-order valence-electron chi connectivity index (χ3n) is 9.58. The number of nitrogens with zero attached hydrogens (tertiary/aromatic N) is 3. The summed E-state index contributed by atoms with van der Waals surface area (Å²) in [4.78, 5) is 71.1. The van der Waals surface area contributed by atoms with Crippen LogP contribution in [-0.4, -0.2) is 102 Å². The molecule has 0 spiro atoms. The molecular formula is C34H46Cl2N6O9S. The fourth-order valence-electron chi connectivity index (χ4n) is 6.68. The normalized spacial score (nSPS) is 27.3. The second kappa shape index (κ2) is 15.4. The van der Waals surface area contributed by atoms with Crippen molar-refractivity contribution in [3.63, 3.8) is 0 Å². The van der Waals surface area contributed by atoms with E-state index in [4.69, 9.17) is 32.7 Å². The van der Waals surface area contributed by atoms with Crippen molar-refractivity contribution in [2.24, 2.45) is 5.92 Å². The maximum absolute atomic E-state index is 14.3. The lowest BCUT2D eigenvalue weighted by atomic mass is 10.0. The lowest BCUT2D eigenvalue weighted by molar-refractivity contribution is -0.141. The van der Waals surface area contributed by atoms with Crippen LogP contribution in [0.4, 0.5) is 9.59 Å². The molecule has 2 fully saturated rings. The van der Waals surface area contributed by atoms with Crippen molar-refractivity contribution in [3.05, 3.63) is 45.5 Å². The molecule has 15 nitrogen and oxygen atoms in total. The van der Waals surface area contributed by atoms with E-state index in [0.29, 0.717) is 40.4 Å². The van der Waals surface area contributed by atoms with E-state index in [9.17, 15) is 32.4 Å². The van der Waals surface area contributed by atoms with E-state index < -0.39 is 75.4 Å². The number of alkyl carbamates (subject to hydrolysis) is 1. The number of nitrogens with one attached hydrogen (secondary N) is 3. The SMILES string of the molecule is CN(C)S(=O)(=O)NC(=O)[C@@]12C[C@@H]1/C=C\CCCCC[C@H](NC(=O)OC(C)(C)C)C(=O)N1C[C@H](OC(=O)N3Cc4c(Cl)ccc(Cl)c4C3)C[C@H]1C(=O)N2. The summed E-state index contributed by atoms with van der Waals surface area (Å²) in [5, 5.41) is 6.34. The molecule has 5 amide bonds. The standard InChI is InChI=1S/C34H46Cl2N6O9S/c1-33(2,3)51-31(46)37-26-12-10-8-6-7-9-11-20-16-34(20,30(45)39-52(48,49)40(4)5)38-28(43)27-15-21(17-42(27)29(26)44)50-32(47)41-18-22-23(19-41)25(36)14-13-24(22)35/h9,11,13-14,20-21,26-27H,6-8,10,12,15-19H2,1-5H3,(H,37,46)(H,38,43)(H,39,45)/b11-9-/t20-,21+,26-,27-,34+/m0/s1. The summed E-state index contributed by atoms with van der Waals surface area (Å²) in [7, 11) is -1.66. The van der Waals surface area contributed by atoms with Crippen molar-refractivity contribution in [2.45, 2.75) is 108 Å². The lowest BCUT2D eigenvalue weighted by Crippen LogP contribution is -2.58. The van der Waals surface area contributed by atoms with Crippen LogP contribution in [0, 0.1) is 5.92 Å². The van der Waals surface area contributed by atoms with E-state index in [2.05, 4.69) is 10.6 Å². The van der Waals surface area contributed by atoms with Gasteiger partial charge in [0.15, 0.2) is 0 Å². The topological polar surface area (TPSA) is 184 Å². The van der Waals surface area contributed by atoms with E-state index in [1.54, 1.807) is 39.0 Å². The van der Waals surface area contributed by atoms with Gasteiger partial charge in [-0.25, -0.2) is 14.3 Å². The van der Waals surface area contributed by atoms with E-state index >= 15 is 0 Å². The van der Waals surface area contributed by atoms with Crippen molar-refractivity contribution in [1.82, 2.24) is 29.5 Å². The van der Waals surface area contributed by atoms with Gasteiger partial charge in [-0.15, -0.1) is 0 Å². The molecule has 3 aliphatic heterocycles. The number of hydrogen-bond donors (Lipinski definition) is 3. The van der Waals surface area contributed by atoms with Crippen molar-refractivity contribution < 1.29 is 41.9 Å². The Balaban J connectivity index is 1.42. The summed E-state index contributed by atoms with van der Waals surface area (Å²) in [5.74, 6) is -2.75. The second-order valence-corrected chi connectivity index (χ2v) is 17.5. The first-order chi connectivity index (χ1) is 24.3. The van der Waals surface area contributed by atoms with Crippen LogP contribution in [0.1, 0.15) is 76.8 Å². The fourth-order valence-corrected chi connectivity index (χ4v) is 7.75. The molecule has 1 aliphatic carbocycles. The van der Waals surface area contributed by atoms with Gasteiger partial charge in [-0.05, 0) is 69.7 Å². The van der Waals surface area contributed by atoms with E-state index in [0.717, 1.165) is 10.7 Å². The number of benzene rings is 1. The Morgan fingerprint density at radius 3 is 2.31 bits per heavy atom. The Morgan fingerprint density at radius 2 is 1.69 bits per heavy atom. The highest BCUT2D eigenvalue weighted by molar-refractivity contribution is 7.87. The summed E-state index contributed by atoms with van der Waals surface area (Å²) in [6.07, 6.45) is 4.17. The number of carbonyl (C=O) groups is 5. The molecule has 1 aromatic rings. The van der Waals surface area contributed by atoms with Crippen molar-refractivity contribution >= 4 is 63.3 Å². The van der Waals surface area contributed by atoms with E-state index in [1.165, 1.54) is 23.9 Å². The number of halogens is 2. The first kappa shape index (κ1) is 39.6. The minimum Gasteiger partial charge on any atom is -0.444 e.